The summed E-state index contributed by atoms with van der Waals surface area (Å²) >= 11 is 1.55. The fraction of sp³-hybridized carbons (Fsp3) is 0.462. The summed E-state index contributed by atoms with van der Waals surface area (Å²) in [7, 11) is 0. The molecule has 2 fully saturated rings. The number of carbonyl (C=O) groups is 2. The molecule has 2 aromatic carbocycles. The molecule has 6 atom stereocenters. The summed E-state index contributed by atoms with van der Waals surface area (Å²) in [4.78, 5) is 26.5. The number of benzene rings is 2. The minimum atomic E-state index is -0.292. The maximum Gasteiger partial charge on any atom is 0.302 e. The summed E-state index contributed by atoms with van der Waals surface area (Å²) in [5.74, 6) is 0.740. The fourth-order valence-corrected chi connectivity index (χ4v) is 7.90. The molecule has 0 unspecified atom stereocenters. The van der Waals surface area contributed by atoms with Crippen molar-refractivity contribution >= 4 is 23.5 Å². The van der Waals surface area contributed by atoms with Crippen LogP contribution in [0.3, 0.4) is 0 Å². The van der Waals surface area contributed by atoms with Crippen molar-refractivity contribution < 1.29 is 24.5 Å². The second-order valence-corrected chi connectivity index (χ2v) is 10.9. The molecule has 2 aromatic rings. The van der Waals surface area contributed by atoms with E-state index in [1.165, 1.54) is 6.92 Å². The third kappa shape index (κ3) is 3.40. The quantitative estimate of drug-likeness (QED) is 0.615. The zero-order valence-corrected chi connectivity index (χ0v) is 19.1. The van der Waals surface area contributed by atoms with Crippen LogP contribution in [0.25, 0.3) is 0 Å². The van der Waals surface area contributed by atoms with Crippen LogP contribution in [0.15, 0.2) is 47.4 Å². The maximum atomic E-state index is 13.8. The average molecular weight is 453 g/mol. The van der Waals surface area contributed by atoms with Crippen LogP contribution in [0.1, 0.15) is 61.4 Å². The minimum Gasteiger partial charge on any atom is -0.508 e. The van der Waals surface area contributed by atoms with Crippen molar-refractivity contribution in [2.75, 3.05) is 0 Å². The van der Waals surface area contributed by atoms with Crippen molar-refractivity contribution in [2.24, 2.45) is 17.3 Å². The van der Waals surface area contributed by atoms with Gasteiger partial charge in [-0.3, -0.25) is 9.59 Å². The lowest BCUT2D eigenvalue weighted by molar-refractivity contribution is -0.154. The number of fused-ring (bicyclic) bond motifs is 5. The molecule has 32 heavy (non-hydrogen) atoms. The van der Waals surface area contributed by atoms with E-state index in [0.717, 1.165) is 36.1 Å². The van der Waals surface area contributed by atoms with Crippen molar-refractivity contribution in [3.63, 3.8) is 0 Å². The van der Waals surface area contributed by atoms with Gasteiger partial charge in [0.05, 0.1) is 5.25 Å². The first-order valence-corrected chi connectivity index (χ1v) is 12.2. The topological polar surface area (TPSA) is 83.8 Å². The number of ether oxygens (including phenoxy) is 1. The van der Waals surface area contributed by atoms with Crippen LogP contribution in [0.4, 0.5) is 0 Å². The lowest BCUT2D eigenvalue weighted by Crippen LogP contribution is -2.50. The predicted molar refractivity (Wildman–Crippen MR) is 122 cm³/mol. The van der Waals surface area contributed by atoms with Crippen molar-refractivity contribution in [3.05, 3.63) is 53.6 Å². The van der Waals surface area contributed by atoms with E-state index < -0.39 is 0 Å². The molecule has 5 rings (SSSR count). The molecule has 168 valence electrons. The Bertz CT molecular complexity index is 1060. The number of phenols is 2. The number of thioether (sulfide) groups is 1. The molecule has 3 aliphatic rings. The van der Waals surface area contributed by atoms with E-state index in [9.17, 15) is 19.8 Å². The lowest BCUT2D eigenvalue weighted by Gasteiger charge is -2.52. The number of phenolic OH excluding ortho intramolecular Hbond substituents is 2. The fourth-order valence-electron chi connectivity index (χ4n) is 6.54. The van der Waals surface area contributed by atoms with Gasteiger partial charge in [-0.2, -0.15) is 0 Å². The second-order valence-electron chi connectivity index (χ2n) is 9.68. The van der Waals surface area contributed by atoms with Crippen molar-refractivity contribution in [1.82, 2.24) is 0 Å². The smallest absolute Gasteiger partial charge is 0.302 e. The van der Waals surface area contributed by atoms with Gasteiger partial charge in [0.15, 0.2) is 5.78 Å². The summed E-state index contributed by atoms with van der Waals surface area (Å²) in [6, 6.07) is 12.2. The molecule has 2 saturated carbocycles. The van der Waals surface area contributed by atoms with Crippen LogP contribution in [-0.4, -0.2) is 33.3 Å². The number of hydrogen-bond acceptors (Lipinski definition) is 6. The molecule has 0 heterocycles. The predicted octanol–water partition coefficient (Wildman–Crippen LogP) is 5.30. The highest BCUT2D eigenvalue weighted by atomic mass is 32.2. The van der Waals surface area contributed by atoms with E-state index in [-0.39, 0.29) is 57.8 Å². The van der Waals surface area contributed by atoms with Crippen LogP contribution < -0.4 is 0 Å². The third-order valence-corrected chi connectivity index (χ3v) is 9.29. The minimum absolute atomic E-state index is 0.0513. The van der Waals surface area contributed by atoms with Gasteiger partial charge in [-0.15, -0.1) is 11.8 Å². The maximum absolute atomic E-state index is 13.8. The summed E-state index contributed by atoms with van der Waals surface area (Å²) in [5, 5.41) is 19.5. The molecule has 3 aliphatic carbocycles. The number of rotatable bonds is 3. The molecule has 6 heteroatoms. The first-order chi connectivity index (χ1) is 15.3. The zero-order chi connectivity index (χ0) is 22.6. The number of aromatic hydroxyl groups is 2. The highest BCUT2D eigenvalue weighted by molar-refractivity contribution is 8.00. The average Bonchev–Trinajstić information content (AvgIpc) is 3.08. The monoisotopic (exact) mass is 452 g/mol. The summed E-state index contributed by atoms with van der Waals surface area (Å²) in [6.07, 6.45) is 3.52. The van der Waals surface area contributed by atoms with Gasteiger partial charge in [0, 0.05) is 22.8 Å². The number of carbonyl (C=O) groups excluding carboxylic acids is 2. The van der Waals surface area contributed by atoms with Crippen LogP contribution in [0.5, 0.6) is 11.5 Å². The molecular formula is C26H28O5S. The first-order valence-electron chi connectivity index (χ1n) is 11.3. The standard InChI is InChI=1S/C26H28O5S/c1-14(27)31-22-10-9-21-23-19(11-12-26(21,22)2)18-8-5-16(29)13-20(18)24(30)25(23)32-17-6-3-15(28)4-7-17/h3-8,13,19,21-23,25,28-29H,9-12H2,1-2H3/t19-,21+,22+,23-,25+,26+/m1/s1. The lowest BCUT2D eigenvalue weighted by atomic mass is 9.55. The van der Waals surface area contributed by atoms with Crippen LogP contribution in [-0.2, 0) is 9.53 Å². The molecule has 2 N–H and O–H groups in total. The van der Waals surface area contributed by atoms with Crippen molar-refractivity contribution in [2.45, 2.75) is 61.7 Å². The Kier molecular flexibility index (Phi) is 5.24. The normalized spacial score (nSPS) is 33.2. The van der Waals surface area contributed by atoms with E-state index >= 15 is 0 Å². The molecule has 0 aromatic heterocycles. The Morgan fingerprint density at radius 1 is 1.06 bits per heavy atom. The molecule has 0 saturated heterocycles. The Morgan fingerprint density at radius 3 is 2.50 bits per heavy atom. The number of Topliss-reactive ketones (excluding diaryl/α,β-unsaturated/α-hetero) is 1. The highest BCUT2D eigenvalue weighted by Gasteiger charge is 2.59. The van der Waals surface area contributed by atoms with Gasteiger partial charge in [0.2, 0.25) is 0 Å². The molecule has 0 amide bonds. The van der Waals surface area contributed by atoms with E-state index in [1.807, 2.05) is 18.2 Å². The van der Waals surface area contributed by atoms with E-state index in [4.69, 9.17) is 4.74 Å². The molecule has 0 bridgehead atoms. The zero-order valence-electron chi connectivity index (χ0n) is 18.3. The van der Waals surface area contributed by atoms with Crippen molar-refractivity contribution in [3.8, 4) is 11.5 Å². The van der Waals surface area contributed by atoms with Crippen LogP contribution >= 0.6 is 11.8 Å². The number of ketones is 1. The highest BCUT2D eigenvalue weighted by Crippen LogP contribution is 2.63. The molecule has 0 aliphatic heterocycles. The van der Waals surface area contributed by atoms with E-state index in [2.05, 4.69) is 6.92 Å². The Hall–Kier alpha value is -2.47. The Labute approximate surface area is 192 Å². The summed E-state index contributed by atoms with van der Waals surface area (Å²) in [5.41, 5.74) is 1.52. The van der Waals surface area contributed by atoms with Gasteiger partial charge < -0.3 is 14.9 Å². The molecular weight excluding hydrogens is 424 g/mol. The van der Waals surface area contributed by atoms with Crippen molar-refractivity contribution in [1.29, 1.82) is 0 Å². The third-order valence-electron chi connectivity index (χ3n) is 7.96. The Morgan fingerprint density at radius 2 is 1.78 bits per heavy atom. The number of hydrogen-bond donors (Lipinski definition) is 2. The van der Waals surface area contributed by atoms with Gasteiger partial charge in [-0.1, -0.05) is 13.0 Å². The van der Waals surface area contributed by atoms with Gasteiger partial charge >= 0.3 is 5.97 Å². The summed E-state index contributed by atoms with van der Waals surface area (Å²) in [6.45, 7) is 3.70. The van der Waals surface area contributed by atoms with E-state index in [1.54, 1.807) is 36.0 Å². The molecule has 5 nitrogen and oxygen atoms in total. The van der Waals surface area contributed by atoms with Gasteiger partial charge in [0.1, 0.15) is 17.6 Å². The SMILES string of the molecule is CC(=O)O[C@H]1CC[C@H]2[C@@H]3[C@H](Sc4ccc(O)cc4)C(=O)c4cc(O)ccc4[C@H]3CC[C@]12C. The molecule has 0 spiro atoms. The van der Waals surface area contributed by atoms with Gasteiger partial charge in [-0.25, -0.2) is 0 Å². The second kappa shape index (κ2) is 7.84. The van der Waals surface area contributed by atoms with Gasteiger partial charge in [0.25, 0.3) is 0 Å². The molecule has 0 radical (unpaired) electrons. The van der Waals surface area contributed by atoms with Gasteiger partial charge in [-0.05, 0) is 85.4 Å². The Balaban J connectivity index is 1.57. The van der Waals surface area contributed by atoms with Crippen LogP contribution in [0.2, 0.25) is 0 Å². The largest absolute Gasteiger partial charge is 0.508 e. The van der Waals surface area contributed by atoms with Crippen LogP contribution in [0, 0.1) is 17.3 Å². The number of esters is 1. The summed E-state index contributed by atoms with van der Waals surface area (Å²) < 4.78 is 5.75. The van der Waals surface area contributed by atoms with E-state index in [0.29, 0.717) is 5.56 Å². The first kappa shape index (κ1) is 21.4.